The van der Waals surface area contributed by atoms with Gasteiger partial charge in [-0.05, 0) is 66.7 Å². The van der Waals surface area contributed by atoms with Crippen molar-refractivity contribution in [1.82, 2.24) is 9.97 Å². The molecule has 0 atom stereocenters. The predicted molar refractivity (Wildman–Crippen MR) is 202 cm³/mol. The molecule has 0 saturated carbocycles. The van der Waals surface area contributed by atoms with E-state index in [1.54, 1.807) is 0 Å². The summed E-state index contributed by atoms with van der Waals surface area (Å²) in [4.78, 5) is 9.89. The molecule has 2 heterocycles. The van der Waals surface area contributed by atoms with Gasteiger partial charge >= 0.3 is 21.1 Å². The van der Waals surface area contributed by atoms with E-state index in [-0.39, 0.29) is 26.5 Å². The van der Waals surface area contributed by atoms with E-state index >= 15 is 0 Å². The van der Waals surface area contributed by atoms with E-state index in [9.17, 15) is 0 Å². The molecular weight excluding hydrogens is 788 g/mol. The van der Waals surface area contributed by atoms with Crippen LogP contribution in [0.2, 0.25) is 0 Å². The molecule has 0 spiro atoms. The third-order valence-corrected chi connectivity index (χ3v) is 10.1. The predicted octanol–water partition coefficient (Wildman–Crippen LogP) is 11.4. The molecule has 9 rings (SSSR count). The summed E-state index contributed by atoms with van der Waals surface area (Å²) >= 11 is 0. The summed E-state index contributed by atoms with van der Waals surface area (Å²) in [5.74, 6) is 0. The average molecular weight is 822 g/mol. The second-order valence-electron chi connectivity index (χ2n) is 14.1. The van der Waals surface area contributed by atoms with Crippen LogP contribution in [0.25, 0.3) is 55.2 Å². The van der Waals surface area contributed by atoms with Crippen LogP contribution in [0.5, 0.6) is 0 Å². The zero-order valence-corrected chi connectivity index (χ0v) is 30.4. The number of pyridine rings is 2. The maximum Gasteiger partial charge on any atom is 2.00 e. The summed E-state index contributed by atoms with van der Waals surface area (Å²) in [6.45, 7) is 6.86. The third-order valence-electron chi connectivity index (χ3n) is 10.1. The Labute approximate surface area is 308 Å². The van der Waals surface area contributed by atoms with Crippen molar-refractivity contribution in [2.75, 3.05) is 0 Å². The minimum atomic E-state index is -0.680. The van der Waals surface area contributed by atoms with E-state index in [0.717, 1.165) is 49.8 Å². The molecule has 50 heavy (non-hydrogen) atoms. The van der Waals surface area contributed by atoms with Crippen molar-refractivity contribution in [3.05, 3.63) is 192 Å². The molecule has 8 aromatic rings. The van der Waals surface area contributed by atoms with E-state index in [0.29, 0.717) is 0 Å². The Morgan fingerprint density at radius 2 is 1.18 bits per heavy atom. The fourth-order valence-electron chi connectivity index (χ4n) is 7.70. The normalized spacial score (nSPS) is 13.1. The Morgan fingerprint density at radius 3 is 1.92 bits per heavy atom. The minimum absolute atomic E-state index is 0. The first kappa shape index (κ1) is 32.1. The van der Waals surface area contributed by atoms with Gasteiger partial charge in [-0.15, -0.1) is 70.3 Å². The van der Waals surface area contributed by atoms with Crippen LogP contribution in [-0.4, -0.2) is 9.97 Å². The number of nitrogens with zero attached hydrogens (tertiary/aromatic N) is 2. The SMILES string of the molecule is CC(C)(C)c1cc(-c2nccc3ccccc23)[c-]c(C2(c3[c-]c(-c4cc5ccccc5cn4)ccc3)c3ccccc3-c3ccccc32)c1.[Pt+2]. The second kappa shape index (κ2) is 12.3. The van der Waals surface area contributed by atoms with E-state index in [1.807, 2.05) is 12.4 Å². The van der Waals surface area contributed by atoms with Crippen LogP contribution in [0, 0.1) is 12.1 Å². The standard InChI is InChI=1S/C47H34N2.Pt/c1-46(2,3)37-26-35(45-39-18-7-6-13-31(39)23-24-48-45)27-38(29-37)47(42-21-10-8-19-40(42)41-20-9-11-22-43(41)47)36-17-12-16-33(25-36)44-28-32-14-4-5-15-34(32)30-49-44;/h4-24,26,28-30H,1-3H3;/q-2;+2. The Morgan fingerprint density at radius 1 is 0.540 bits per heavy atom. The fourth-order valence-corrected chi connectivity index (χ4v) is 7.70. The molecule has 0 unspecified atom stereocenters. The number of hydrogen-bond acceptors (Lipinski definition) is 2. The van der Waals surface area contributed by atoms with Crippen molar-refractivity contribution >= 4 is 21.5 Å². The molecule has 0 saturated heterocycles. The first-order valence-electron chi connectivity index (χ1n) is 16.9. The molecule has 0 aliphatic heterocycles. The molecule has 3 heteroatoms. The van der Waals surface area contributed by atoms with E-state index in [1.165, 1.54) is 33.2 Å². The number of benzene rings is 6. The smallest absolute Gasteiger partial charge is 0.304 e. The molecule has 2 nitrogen and oxygen atoms in total. The Hall–Kier alpha value is -5.17. The van der Waals surface area contributed by atoms with Crippen LogP contribution in [-0.2, 0) is 31.9 Å². The van der Waals surface area contributed by atoms with Gasteiger partial charge in [0.05, 0.1) is 0 Å². The van der Waals surface area contributed by atoms with Gasteiger partial charge < -0.3 is 9.97 Å². The molecule has 1 aliphatic rings. The number of hydrogen-bond donors (Lipinski definition) is 0. The molecule has 242 valence electrons. The van der Waals surface area contributed by atoms with Crippen molar-refractivity contribution in [3.63, 3.8) is 0 Å². The molecule has 0 fully saturated rings. The average Bonchev–Trinajstić information content (AvgIpc) is 3.45. The van der Waals surface area contributed by atoms with Crippen LogP contribution in [0.3, 0.4) is 0 Å². The van der Waals surface area contributed by atoms with Crippen molar-refractivity contribution in [2.45, 2.75) is 31.6 Å². The number of fused-ring (bicyclic) bond motifs is 5. The maximum absolute atomic E-state index is 4.98. The molecule has 0 bridgehead atoms. The zero-order chi connectivity index (χ0) is 33.2. The molecule has 1 aliphatic carbocycles. The zero-order valence-electron chi connectivity index (χ0n) is 28.1. The summed E-state index contributed by atoms with van der Waals surface area (Å²) in [5.41, 5.74) is 11.3. The van der Waals surface area contributed by atoms with Crippen molar-refractivity contribution in [2.24, 2.45) is 0 Å². The topological polar surface area (TPSA) is 25.8 Å². The van der Waals surface area contributed by atoms with Gasteiger partial charge in [-0.2, -0.15) is 0 Å². The summed E-state index contributed by atoms with van der Waals surface area (Å²) in [6.07, 6.45) is 3.88. The van der Waals surface area contributed by atoms with Gasteiger partial charge in [-0.1, -0.05) is 124 Å². The van der Waals surface area contributed by atoms with Crippen LogP contribution in [0.1, 0.15) is 48.6 Å². The summed E-state index contributed by atoms with van der Waals surface area (Å²) in [7, 11) is 0. The van der Waals surface area contributed by atoms with E-state index < -0.39 is 5.41 Å². The number of aromatic nitrogens is 2. The van der Waals surface area contributed by atoms with E-state index in [2.05, 4.69) is 172 Å². The minimum Gasteiger partial charge on any atom is -0.304 e. The van der Waals surface area contributed by atoms with Crippen molar-refractivity contribution < 1.29 is 21.1 Å². The monoisotopic (exact) mass is 821 g/mol. The molecule has 6 aromatic carbocycles. The summed E-state index contributed by atoms with van der Waals surface area (Å²) in [6, 6.07) is 58.0. The van der Waals surface area contributed by atoms with Gasteiger partial charge in [0.25, 0.3) is 0 Å². The second-order valence-corrected chi connectivity index (χ2v) is 14.1. The first-order chi connectivity index (χ1) is 23.9. The largest absolute Gasteiger partial charge is 2.00 e. The van der Waals surface area contributed by atoms with Crippen molar-refractivity contribution in [1.29, 1.82) is 0 Å². The Kier molecular flexibility index (Phi) is 7.89. The van der Waals surface area contributed by atoms with Crippen molar-refractivity contribution in [3.8, 4) is 33.6 Å². The van der Waals surface area contributed by atoms with Crippen LogP contribution in [0.4, 0.5) is 0 Å². The third kappa shape index (κ3) is 5.05. The quantitative estimate of drug-likeness (QED) is 0.165. The molecular formula is C47H34N2Pt. The summed E-state index contributed by atoms with van der Waals surface area (Å²) < 4.78 is 0. The molecule has 0 N–H and O–H groups in total. The fraction of sp³-hybridized carbons (Fsp3) is 0.106. The Balaban J connectivity index is 0.00000361. The van der Waals surface area contributed by atoms with Gasteiger partial charge in [0.2, 0.25) is 0 Å². The first-order valence-corrected chi connectivity index (χ1v) is 16.9. The van der Waals surface area contributed by atoms with Gasteiger partial charge in [0.15, 0.2) is 0 Å². The van der Waals surface area contributed by atoms with Gasteiger partial charge in [0, 0.05) is 17.8 Å². The maximum atomic E-state index is 4.98. The Bertz CT molecular complexity index is 2510. The number of rotatable bonds is 4. The molecule has 2 aromatic heterocycles. The van der Waals surface area contributed by atoms with Gasteiger partial charge in [-0.3, -0.25) is 0 Å². The molecule has 0 radical (unpaired) electrons. The van der Waals surface area contributed by atoms with Crippen LogP contribution in [0.15, 0.2) is 152 Å². The summed E-state index contributed by atoms with van der Waals surface area (Å²) in [5, 5.41) is 4.57. The van der Waals surface area contributed by atoms with Gasteiger partial charge in [0.1, 0.15) is 0 Å². The van der Waals surface area contributed by atoms with Crippen LogP contribution >= 0.6 is 0 Å². The van der Waals surface area contributed by atoms with E-state index in [4.69, 9.17) is 9.97 Å². The molecule has 0 amide bonds. The van der Waals surface area contributed by atoms with Gasteiger partial charge in [-0.25, -0.2) is 0 Å². The van der Waals surface area contributed by atoms with Crippen LogP contribution < -0.4 is 0 Å².